The largest absolute Gasteiger partial charge is 0.480 e. The summed E-state index contributed by atoms with van der Waals surface area (Å²) < 4.78 is 0. The van der Waals surface area contributed by atoms with Crippen LogP contribution in [0.1, 0.15) is 12.5 Å². The SMILES string of the molecule is C[C@@H](C(=O)O)N(C(=O)C(CS)Cc1cccnc1)c1ccc(-c2ccccc2)cc1. The molecule has 1 amide bonds. The first kappa shape index (κ1) is 21.6. The van der Waals surface area contributed by atoms with Crippen LogP contribution < -0.4 is 4.90 Å². The molecule has 154 valence electrons. The maximum atomic E-state index is 13.4. The molecule has 2 atom stereocenters. The molecule has 5 nitrogen and oxygen atoms in total. The van der Waals surface area contributed by atoms with E-state index in [1.165, 1.54) is 11.8 Å². The van der Waals surface area contributed by atoms with Gasteiger partial charge in [-0.2, -0.15) is 12.6 Å². The van der Waals surface area contributed by atoms with Crippen molar-refractivity contribution >= 4 is 30.2 Å². The minimum atomic E-state index is -1.06. The molecular formula is C24H24N2O3S. The van der Waals surface area contributed by atoms with Crippen molar-refractivity contribution in [3.05, 3.63) is 84.7 Å². The Morgan fingerprint density at radius 3 is 2.23 bits per heavy atom. The highest BCUT2D eigenvalue weighted by Crippen LogP contribution is 2.26. The fourth-order valence-electron chi connectivity index (χ4n) is 3.33. The van der Waals surface area contributed by atoms with Crippen molar-refractivity contribution < 1.29 is 14.7 Å². The van der Waals surface area contributed by atoms with Crippen LogP contribution in [0.5, 0.6) is 0 Å². The van der Waals surface area contributed by atoms with Gasteiger partial charge in [0.1, 0.15) is 6.04 Å². The van der Waals surface area contributed by atoms with Crippen molar-refractivity contribution in [2.75, 3.05) is 10.7 Å². The van der Waals surface area contributed by atoms with Crippen molar-refractivity contribution in [2.45, 2.75) is 19.4 Å². The number of carboxylic acids is 1. The number of hydrogen-bond acceptors (Lipinski definition) is 4. The summed E-state index contributed by atoms with van der Waals surface area (Å²) in [6.07, 6.45) is 3.83. The van der Waals surface area contributed by atoms with Gasteiger partial charge in [-0.25, -0.2) is 4.79 Å². The van der Waals surface area contributed by atoms with E-state index in [1.54, 1.807) is 24.5 Å². The van der Waals surface area contributed by atoms with Crippen LogP contribution in [0.3, 0.4) is 0 Å². The molecule has 30 heavy (non-hydrogen) atoms. The number of rotatable bonds is 8. The molecule has 0 bridgehead atoms. The van der Waals surface area contributed by atoms with E-state index in [9.17, 15) is 14.7 Å². The van der Waals surface area contributed by atoms with E-state index >= 15 is 0 Å². The van der Waals surface area contributed by atoms with E-state index in [0.29, 0.717) is 17.9 Å². The third-order valence-electron chi connectivity index (χ3n) is 5.01. The number of aromatic nitrogens is 1. The molecule has 0 saturated heterocycles. The Morgan fingerprint density at radius 1 is 1.00 bits per heavy atom. The first-order valence-electron chi connectivity index (χ1n) is 9.72. The fourth-order valence-corrected chi connectivity index (χ4v) is 3.61. The van der Waals surface area contributed by atoms with Gasteiger partial charge in [-0.05, 0) is 48.2 Å². The predicted octanol–water partition coefficient (Wildman–Crippen LogP) is 4.34. The second-order valence-electron chi connectivity index (χ2n) is 7.08. The quantitative estimate of drug-likeness (QED) is 0.532. The van der Waals surface area contributed by atoms with Crippen LogP contribution in [-0.4, -0.2) is 33.8 Å². The maximum absolute atomic E-state index is 13.4. The standard InChI is InChI=1S/C24H24N2O3S/c1-17(24(28)29)26(23(27)21(16-30)14-18-6-5-13-25-15-18)22-11-9-20(10-12-22)19-7-3-2-4-8-19/h2-13,15,17,21,30H,14,16H2,1H3,(H,28,29)/t17-,21?/m0/s1. The summed E-state index contributed by atoms with van der Waals surface area (Å²) in [5.41, 5.74) is 3.51. The van der Waals surface area contributed by atoms with E-state index in [1.807, 2.05) is 54.6 Å². The number of nitrogens with zero attached hydrogens (tertiary/aromatic N) is 2. The van der Waals surface area contributed by atoms with Gasteiger partial charge in [0, 0.05) is 23.8 Å². The van der Waals surface area contributed by atoms with Crippen LogP contribution in [0.25, 0.3) is 11.1 Å². The lowest BCUT2D eigenvalue weighted by Gasteiger charge is -2.30. The first-order chi connectivity index (χ1) is 14.5. The van der Waals surface area contributed by atoms with Crippen molar-refractivity contribution in [1.29, 1.82) is 0 Å². The highest BCUT2D eigenvalue weighted by atomic mass is 32.1. The second-order valence-corrected chi connectivity index (χ2v) is 7.45. The third kappa shape index (κ3) is 5.07. The number of aliphatic carboxylic acids is 1. The summed E-state index contributed by atoms with van der Waals surface area (Å²) in [5.74, 6) is -1.49. The Balaban J connectivity index is 1.90. The molecule has 1 N–H and O–H groups in total. The average molecular weight is 421 g/mol. The number of carboxylic acid groups (broad SMARTS) is 1. The van der Waals surface area contributed by atoms with E-state index in [2.05, 4.69) is 17.6 Å². The van der Waals surface area contributed by atoms with Gasteiger partial charge in [-0.15, -0.1) is 0 Å². The molecule has 0 fully saturated rings. The lowest BCUT2D eigenvalue weighted by Crippen LogP contribution is -2.47. The Hall–Kier alpha value is -3.12. The number of pyridine rings is 1. The summed E-state index contributed by atoms with van der Waals surface area (Å²) >= 11 is 4.36. The lowest BCUT2D eigenvalue weighted by atomic mass is 9.99. The number of amides is 1. The molecule has 3 rings (SSSR count). The lowest BCUT2D eigenvalue weighted by molar-refractivity contribution is -0.140. The summed E-state index contributed by atoms with van der Waals surface area (Å²) in [5, 5.41) is 9.62. The molecule has 2 aromatic carbocycles. The Bertz CT molecular complexity index is 978. The summed E-state index contributed by atoms with van der Waals surface area (Å²) in [4.78, 5) is 30.6. The normalized spacial score (nSPS) is 12.7. The number of carbonyl (C=O) groups is 2. The number of anilines is 1. The molecule has 0 aliphatic heterocycles. The molecule has 3 aromatic rings. The zero-order chi connectivity index (χ0) is 21.5. The highest BCUT2D eigenvalue weighted by molar-refractivity contribution is 7.80. The van der Waals surface area contributed by atoms with Crippen LogP contribution in [0.2, 0.25) is 0 Å². The molecule has 0 aliphatic rings. The van der Waals surface area contributed by atoms with E-state index < -0.39 is 17.9 Å². The molecule has 0 aliphatic carbocycles. The van der Waals surface area contributed by atoms with Crippen molar-refractivity contribution in [3.63, 3.8) is 0 Å². The Labute approximate surface area is 181 Å². The average Bonchev–Trinajstić information content (AvgIpc) is 2.79. The van der Waals surface area contributed by atoms with Gasteiger partial charge >= 0.3 is 5.97 Å². The summed E-state index contributed by atoms with van der Waals surface area (Å²) in [7, 11) is 0. The second kappa shape index (κ2) is 10.1. The Morgan fingerprint density at radius 2 is 1.67 bits per heavy atom. The molecule has 0 spiro atoms. The van der Waals surface area contributed by atoms with Crippen LogP contribution in [0, 0.1) is 5.92 Å². The fraction of sp³-hybridized carbons (Fsp3) is 0.208. The van der Waals surface area contributed by atoms with Crippen LogP contribution in [0.15, 0.2) is 79.1 Å². The molecule has 0 radical (unpaired) electrons. The van der Waals surface area contributed by atoms with Gasteiger partial charge in [0.2, 0.25) is 5.91 Å². The molecule has 1 aromatic heterocycles. The smallest absolute Gasteiger partial charge is 0.326 e. The van der Waals surface area contributed by atoms with Gasteiger partial charge < -0.3 is 5.11 Å². The van der Waals surface area contributed by atoms with Gasteiger partial charge in [0.15, 0.2) is 0 Å². The molecule has 6 heteroatoms. The molecule has 1 unspecified atom stereocenters. The minimum Gasteiger partial charge on any atom is -0.480 e. The van der Waals surface area contributed by atoms with Gasteiger partial charge in [-0.1, -0.05) is 48.5 Å². The topological polar surface area (TPSA) is 70.5 Å². The predicted molar refractivity (Wildman–Crippen MR) is 122 cm³/mol. The van der Waals surface area contributed by atoms with E-state index in [4.69, 9.17) is 0 Å². The highest BCUT2D eigenvalue weighted by Gasteiger charge is 2.31. The number of hydrogen-bond donors (Lipinski definition) is 2. The van der Waals surface area contributed by atoms with Crippen molar-refractivity contribution in [2.24, 2.45) is 5.92 Å². The van der Waals surface area contributed by atoms with Crippen molar-refractivity contribution in [3.8, 4) is 11.1 Å². The zero-order valence-corrected chi connectivity index (χ0v) is 17.6. The monoisotopic (exact) mass is 420 g/mol. The minimum absolute atomic E-state index is 0.267. The van der Waals surface area contributed by atoms with Gasteiger partial charge in [0.05, 0.1) is 5.92 Å². The van der Waals surface area contributed by atoms with Gasteiger partial charge in [-0.3, -0.25) is 14.7 Å². The molecule has 0 saturated carbocycles. The van der Waals surface area contributed by atoms with Crippen LogP contribution in [-0.2, 0) is 16.0 Å². The third-order valence-corrected chi connectivity index (χ3v) is 5.45. The maximum Gasteiger partial charge on any atom is 0.326 e. The molecule has 1 heterocycles. The number of thiol groups is 1. The zero-order valence-electron chi connectivity index (χ0n) is 16.7. The Kier molecular flexibility index (Phi) is 7.25. The summed E-state index contributed by atoms with van der Waals surface area (Å²) in [6, 6.07) is 20.0. The molecular weight excluding hydrogens is 396 g/mol. The van der Waals surface area contributed by atoms with Crippen LogP contribution in [0.4, 0.5) is 5.69 Å². The number of benzene rings is 2. The van der Waals surface area contributed by atoms with Crippen LogP contribution >= 0.6 is 12.6 Å². The van der Waals surface area contributed by atoms with Crippen molar-refractivity contribution in [1.82, 2.24) is 4.98 Å². The van der Waals surface area contributed by atoms with E-state index in [0.717, 1.165) is 16.7 Å². The number of carbonyl (C=O) groups excluding carboxylic acids is 1. The summed E-state index contributed by atoms with van der Waals surface area (Å²) in [6.45, 7) is 1.52. The van der Waals surface area contributed by atoms with Gasteiger partial charge in [0.25, 0.3) is 0 Å². The van der Waals surface area contributed by atoms with E-state index in [-0.39, 0.29) is 5.91 Å². The first-order valence-corrected chi connectivity index (χ1v) is 10.4.